The van der Waals surface area contributed by atoms with Crippen LogP contribution in [-0.4, -0.2) is 27.0 Å². The van der Waals surface area contributed by atoms with Crippen molar-refractivity contribution in [2.24, 2.45) is 0 Å². The third-order valence-electron chi connectivity index (χ3n) is 4.38. The van der Waals surface area contributed by atoms with Crippen molar-refractivity contribution >= 4 is 44.8 Å². The molecule has 28 heavy (non-hydrogen) atoms. The Hall–Kier alpha value is -1.80. The van der Waals surface area contributed by atoms with Crippen LogP contribution in [0.25, 0.3) is 0 Å². The highest BCUT2D eigenvalue weighted by Gasteiger charge is 2.22. The van der Waals surface area contributed by atoms with Gasteiger partial charge in [0, 0.05) is 11.1 Å². The molecule has 1 amide bonds. The second-order valence-corrected chi connectivity index (χ2v) is 9.09. The highest BCUT2D eigenvalue weighted by molar-refractivity contribution is 7.89. The summed E-state index contributed by atoms with van der Waals surface area (Å²) in [5, 5.41) is 3.42. The Labute approximate surface area is 174 Å². The Morgan fingerprint density at radius 3 is 2.43 bits per heavy atom. The number of hydrogen-bond donors (Lipinski definition) is 2. The van der Waals surface area contributed by atoms with Crippen LogP contribution in [0.4, 0.5) is 5.69 Å². The van der Waals surface area contributed by atoms with Gasteiger partial charge in [-0.3, -0.25) is 4.79 Å². The Balaban J connectivity index is 1.55. The number of amides is 1. The molecule has 3 rings (SSSR count). The molecule has 1 fully saturated rings. The Kier molecular flexibility index (Phi) is 6.82. The summed E-state index contributed by atoms with van der Waals surface area (Å²) >= 11 is 11.9. The molecule has 0 atom stereocenters. The quantitative estimate of drug-likeness (QED) is 0.671. The van der Waals surface area contributed by atoms with E-state index >= 15 is 0 Å². The zero-order valence-corrected chi connectivity index (χ0v) is 17.3. The number of carbonyl (C=O) groups excluding carboxylic acids is 1. The Morgan fingerprint density at radius 2 is 1.75 bits per heavy atom. The molecule has 0 spiro atoms. The van der Waals surface area contributed by atoms with Gasteiger partial charge in [-0.1, -0.05) is 36.0 Å². The smallest absolute Gasteiger partial charge is 0.262 e. The van der Waals surface area contributed by atoms with Crippen LogP contribution in [0.1, 0.15) is 25.7 Å². The van der Waals surface area contributed by atoms with Crippen molar-refractivity contribution in [1.29, 1.82) is 0 Å². The van der Waals surface area contributed by atoms with Gasteiger partial charge < -0.3 is 10.1 Å². The summed E-state index contributed by atoms with van der Waals surface area (Å²) in [6.07, 6.45) is 3.82. The molecule has 0 aliphatic heterocycles. The van der Waals surface area contributed by atoms with Gasteiger partial charge >= 0.3 is 0 Å². The number of carbonyl (C=O) groups is 1. The average Bonchev–Trinajstić information content (AvgIpc) is 3.16. The molecule has 2 aromatic rings. The van der Waals surface area contributed by atoms with Crippen LogP contribution >= 0.6 is 23.2 Å². The highest BCUT2D eigenvalue weighted by atomic mass is 35.5. The summed E-state index contributed by atoms with van der Waals surface area (Å²) in [4.78, 5) is 12.2. The lowest BCUT2D eigenvalue weighted by Gasteiger charge is -2.13. The summed E-state index contributed by atoms with van der Waals surface area (Å²) in [5.41, 5.74) is 0.391. The fourth-order valence-electron chi connectivity index (χ4n) is 2.97. The van der Waals surface area contributed by atoms with Crippen LogP contribution in [0.15, 0.2) is 47.4 Å². The predicted octanol–water partition coefficient (Wildman–Crippen LogP) is 4.23. The monoisotopic (exact) mass is 442 g/mol. The summed E-state index contributed by atoms with van der Waals surface area (Å²) in [5.74, 6) is -0.0316. The van der Waals surface area contributed by atoms with Gasteiger partial charge in [-0.25, -0.2) is 13.1 Å². The predicted molar refractivity (Wildman–Crippen MR) is 110 cm³/mol. The molecule has 1 aliphatic carbocycles. The second kappa shape index (κ2) is 9.13. The summed E-state index contributed by atoms with van der Waals surface area (Å²) < 4.78 is 32.9. The molecule has 0 bridgehead atoms. The van der Waals surface area contributed by atoms with E-state index in [-0.39, 0.29) is 17.5 Å². The van der Waals surface area contributed by atoms with Crippen molar-refractivity contribution in [3.8, 4) is 5.75 Å². The van der Waals surface area contributed by atoms with E-state index in [2.05, 4.69) is 10.0 Å². The third kappa shape index (κ3) is 5.61. The van der Waals surface area contributed by atoms with Crippen LogP contribution in [0.2, 0.25) is 10.0 Å². The molecule has 150 valence electrons. The van der Waals surface area contributed by atoms with Crippen molar-refractivity contribution in [3.05, 3.63) is 52.5 Å². The molecule has 0 radical (unpaired) electrons. The first-order valence-corrected chi connectivity index (χ1v) is 11.1. The number of nitrogens with one attached hydrogen (secondary N) is 2. The second-order valence-electron chi connectivity index (χ2n) is 6.54. The third-order valence-corrected chi connectivity index (χ3v) is 6.48. The molecule has 1 aliphatic rings. The topological polar surface area (TPSA) is 84.5 Å². The molecule has 9 heteroatoms. The lowest BCUT2D eigenvalue weighted by molar-refractivity contribution is -0.118. The van der Waals surface area contributed by atoms with Crippen molar-refractivity contribution in [2.75, 3.05) is 11.9 Å². The first-order chi connectivity index (χ1) is 13.3. The summed E-state index contributed by atoms with van der Waals surface area (Å²) in [6, 6.07) is 10.7. The lowest BCUT2D eigenvalue weighted by atomic mass is 10.3. The molecule has 0 unspecified atom stereocenters. The van der Waals surface area contributed by atoms with Gasteiger partial charge in [-0.15, -0.1) is 0 Å². The van der Waals surface area contributed by atoms with Gasteiger partial charge in [0.05, 0.1) is 15.6 Å². The number of ether oxygens (including phenoxy) is 1. The van der Waals surface area contributed by atoms with Crippen molar-refractivity contribution < 1.29 is 17.9 Å². The largest absolute Gasteiger partial charge is 0.484 e. The van der Waals surface area contributed by atoms with Crippen LogP contribution in [0.3, 0.4) is 0 Å². The number of anilines is 1. The number of rotatable bonds is 7. The fraction of sp³-hybridized carbons (Fsp3) is 0.316. The molecule has 2 N–H and O–H groups in total. The first-order valence-electron chi connectivity index (χ1n) is 8.83. The van der Waals surface area contributed by atoms with Crippen LogP contribution in [-0.2, 0) is 14.8 Å². The minimum absolute atomic E-state index is 0.00272. The van der Waals surface area contributed by atoms with E-state index in [1.165, 1.54) is 24.3 Å². The van der Waals surface area contributed by atoms with Gasteiger partial charge in [0.2, 0.25) is 10.0 Å². The Morgan fingerprint density at radius 1 is 1.07 bits per heavy atom. The number of halogens is 2. The molecule has 0 heterocycles. The van der Waals surface area contributed by atoms with Crippen LogP contribution < -0.4 is 14.8 Å². The van der Waals surface area contributed by atoms with E-state index < -0.39 is 15.9 Å². The lowest BCUT2D eigenvalue weighted by Crippen LogP contribution is -2.32. The normalized spacial score (nSPS) is 14.8. The van der Waals surface area contributed by atoms with Crippen molar-refractivity contribution in [3.63, 3.8) is 0 Å². The molecule has 0 aromatic heterocycles. The molecular formula is C19H20Cl2N2O4S. The van der Waals surface area contributed by atoms with Crippen LogP contribution in [0, 0.1) is 0 Å². The molecule has 0 saturated heterocycles. The fourth-order valence-corrected chi connectivity index (χ4v) is 4.62. The van der Waals surface area contributed by atoms with E-state index in [4.69, 9.17) is 27.9 Å². The molecule has 2 aromatic carbocycles. The molecule has 6 nitrogen and oxygen atoms in total. The van der Waals surface area contributed by atoms with Crippen molar-refractivity contribution in [1.82, 2.24) is 4.72 Å². The molecule has 1 saturated carbocycles. The van der Waals surface area contributed by atoms with E-state index in [9.17, 15) is 13.2 Å². The minimum Gasteiger partial charge on any atom is -0.484 e. The number of benzene rings is 2. The summed E-state index contributed by atoms with van der Waals surface area (Å²) in [7, 11) is -3.55. The summed E-state index contributed by atoms with van der Waals surface area (Å²) in [6.45, 7) is -0.255. The SMILES string of the molecule is O=C(COc1ccc(S(=O)(=O)NC2CCCC2)cc1)Nc1cc(Cl)ccc1Cl. The van der Waals surface area contributed by atoms with E-state index in [0.717, 1.165) is 25.7 Å². The first kappa shape index (κ1) is 20.9. The minimum atomic E-state index is -3.55. The number of hydrogen-bond acceptors (Lipinski definition) is 4. The van der Waals surface area contributed by atoms with Gasteiger partial charge in [-0.2, -0.15) is 0 Å². The maximum absolute atomic E-state index is 12.4. The standard InChI is InChI=1S/C19H20Cl2N2O4S/c20-13-5-10-17(21)18(11-13)22-19(24)12-27-15-6-8-16(9-7-15)28(25,26)23-14-3-1-2-4-14/h5-11,14,23H,1-4,12H2,(H,22,24). The maximum atomic E-state index is 12.4. The van der Waals surface area contributed by atoms with Crippen molar-refractivity contribution in [2.45, 2.75) is 36.6 Å². The number of sulfonamides is 1. The average molecular weight is 443 g/mol. The van der Waals surface area contributed by atoms with E-state index in [0.29, 0.717) is 21.5 Å². The maximum Gasteiger partial charge on any atom is 0.262 e. The zero-order valence-electron chi connectivity index (χ0n) is 15.0. The van der Waals surface area contributed by atoms with Crippen LogP contribution in [0.5, 0.6) is 5.75 Å². The zero-order chi connectivity index (χ0) is 20.1. The van der Waals surface area contributed by atoms with Gasteiger partial charge in [-0.05, 0) is 55.3 Å². The van der Waals surface area contributed by atoms with E-state index in [1.54, 1.807) is 18.2 Å². The van der Waals surface area contributed by atoms with Gasteiger partial charge in [0.1, 0.15) is 5.75 Å². The highest BCUT2D eigenvalue weighted by Crippen LogP contribution is 2.25. The Bertz CT molecular complexity index is 943. The molecular weight excluding hydrogens is 423 g/mol. The van der Waals surface area contributed by atoms with Gasteiger partial charge in [0.25, 0.3) is 5.91 Å². The van der Waals surface area contributed by atoms with E-state index in [1.807, 2.05) is 0 Å². The van der Waals surface area contributed by atoms with Gasteiger partial charge in [0.15, 0.2) is 6.61 Å².